The Labute approximate surface area is 109 Å². The van der Waals surface area contributed by atoms with E-state index < -0.39 is 11.6 Å². The van der Waals surface area contributed by atoms with E-state index >= 15 is 0 Å². The highest BCUT2D eigenvalue weighted by Gasteiger charge is 2.27. The zero-order valence-corrected chi connectivity index (χ0v) is 10.5. The van der Waals surface area contributed by atoms with Crippen molar-refractivity contribution in [2.75, 3.05) is 6.54 Å². The van der Waals surface area contributed by atoms with Crippen LogP contribution >= 0.6 is 0 Å². The van der Waals surface area contributed by atoms with Gasteiger partial charge in [-0.05, 0) is 13.0 Å². The van der Waals surface area contributed by atoms with Gasteiger partial charge in [-0.3, -0.25) is 9.59 Å². The smallest absolute Gasteiger partial charge is 0.242 e. The number of carbonyl (C=O) groups is 2. The van der Waals surface area contributed by atoms with E-state index in [1.807, 2.05) is 0 Å². The molecule has 1 aromatic rings. The Morgan fingerprint density at radius 3 is 2.84 bits per heavy atom. The first-order chi connectivity index (χ1) is 8.99. The molecule has 19 heavy (non-hydrogen) atoms. The number of halogens is 2. The minimum Gasteiger partial charge on any atom is -0.347 e. The molecule has 0 spiro atoms. The van der Waals surface area contributed by atoms with Crippen LogP contribution in [0.15, 0.2) is 18.2 Å². The fourth-order valence-electron chi connectivity index (χ4n) is 2.07. The van der Waals surface area contributed by atoms with Crippen molar-refractivity contribution >= 4 is 11.8 Å². The van der Waals surface area contributed by atoms with E-state index in [9.17, 15) is 18.4 Å². The van der Waals surface area contributed by atoms with Crippen molar-refractivity contribution in [2.45, 2.75) is 25.9 Å². The minimum atomic E-state index is -0.953. The molecule has 0 radical (unpaired) electrons. The lowest BCUT2D eigenvalue weighted by atomic mass is 10.1. The average Bonchev–Trinajstić information content (AvgIpc) is 2.47. The maximum Gasteiger partial charge on any atom is 0.242 e. The normalized spacial score (nSPS) is 20.2. The Bertz CT molecular complexity index is 519. The minimum absolute atomic E-state index is 0.0431. The summed E-state index contributed by atoms with van der Waals surface area (Å²) in [4.78, 5) is 24.6. The number of nitrogens with zero attached hydrogens (tertiary/aromatic N) is 1. The highest BCUT2D eigenvalue weighted by atomic mass is 19.2. The average molecular weight is 268 g/mol. The summed E-state index contributed by atoms with van der Waals surface area (Å²) in [5, 5.41) is 2.47. The second-order valence-electron chi connectivity index (χ2n) is 4.56. The van der Waals surface area contributed by atoms with Crippen molar-refractivity contribution in [1.82, 2.24) is 10.2 Å². The van der Waals surface area contributed by atoms with Crippen LogP contribution in [0, 0.1) is 11.6 Å². The Hall–Kier alpha value is -1.98. The maximum atomic E-state index is 13.6. The number of hydrogen-bond acceptors (Lipinski definition) is 2. The van der Waals surface area contributed by atoms with Crippen LogP contribution in [-0.4, -0.2) is 29.3 Å². The lowest BCUT2D eigenvalue weighted by Gasteiger charge is -2.26. The van der Waals surface area contributed by atoms with Gasteiger partial charge in [-0.15, -0.1) is 0 Å². The molecule has 6 heteroatoms. The Morgan fingerprint density at radius 1 is 1.37 bits per heavy atom. The predicted octanol–water partition coefficient (Wildman–Crippen LogP) is 1.20. The number of hydrogen-bond donors (Lipinski definition) is 1. The van der Waals surface area contributed by atoms with Crippen molar-refractivity contribution in [3.8, 4) is 0 Å². The number of rotatable bonds is 2. The van der Waals surface area contributed by atoms with Gasteiger partial charge in [0.2, 0.25) is 11.8 Å². The van der Waals surface area contributed by atoms with Crippen molar-refractivity contribution in [3.05, 3.63) is 35.4 Å². The number of benzene rings is 1. The third-order valence-electron chi connectivity index (χ3n) is 3.14. The lowest BCUT2D eigenvalue weighted by Crippen LogP contribution is -2.39. The molecule has 0 aliphatic carbocycles. The fraction of sp³-hybridized carbons (Fsp3) is 0.385. The quantitative estimate of drug-likeness (QED) is 0.876. The Morgan fingerprint density at radius 2 is 2.11 bits per heavy atom. The van der Waals surface area contributed by atoms with E-state index in [1.54, 1.807) is 6.92 Å². The largest absolute Gasteiger partial charge is 0.347 e. The molecule has 1 atom stereocenters. The van der Waals surface area contributed by atoms with Gasteiger partial charge < -0.3 is 10.2 Å². The van der Waals surface area contributed by atoms with E-state index in [1.165, 1.54) is 17.0 Å². The van der Waals surface area contributed by atoms with Crippen LogP contribution in [0.25, 0.3) is 0 Å². The molecular formula is C13H14F2N2O2. The van der Waals surface area contributed by atoms with Crippen molar-refractivity contribution in [1.29, 1.82) is 0 Å². The molecule has 2 rings (SSSR count). The summed E-state index contributed by atoms with van der Waals surface area (Å²) in [6.07, 6.45) is 0.155. The topological polar surface area (TPSA) is 49.4 Å². The summed E-state index contributed by atoms with van der Waals surface area (Å²) in [5.74, 6) is -2.42. The molecule has 4 nitrogen and oxygen atoms in total. The molecular weight excluding hydrogens is 254 g/mol. The van der Waals surface area contributed by atoms with Crippen LogP contribution in [0.1, 0.15) is 18.9 Å². The van der Waals surface area contributed by atoms with Gasteiger partial charge in [-0.25, -0.2) is 8.78 Å². The summed E-state index contributed by atoms with van der Waals surface area (Å²) < 4.78 is 26.7. The number of carbonyl (C=O) groups excluding carboxylic acids is 2. The van der Waals surface area contributed by atoms with Crippen LogP contribution in [0.3, 0.4) is 0 Å². The highest BCUT2D eigenvalue weighted by molar-refractivity contribution is 5.87. The van der Waals surface area contributed by atoms with Gasteiger partial charge in [0.25, 0.3) is 0 Å². The zero-order chi connectivity index (χ0) is 14.0. The van der Waals surface area contributed by atoms with Gasteiger partial charge in [0, 0.05) is 24.6 Å². The van der Waals surface area contributed by atoms with Crippen LogP contribution in [-0.2, 0) is 16.1 Å². The second-order valence-corrected chi connectivity index (χ2v) is 4.56. The maximum absolute atomic E-state index is 13.6. The fourth-order valence-corrected chi connectivity index (χ4v) is 2.07. The molecule has 0 saturated carbocycles. The van der Waals surface area contributed by atoms with E-state index in [0.29, 0.717) is 0 Å². The summed E-state index contributed by atoms with van der Waals surface area (Å²) in [6.45, 7) is 1.55. The number of amides is 2. The van der Waals surface area contributed by atoms with E-state index in [2.05, 4.69) is 5.32 Å². The first-order valence-electron chi connectivity index (χ1n) is 5.98. The highest BCUT2D eigenvalue weighted by Crippen LogP contribution is 2.17. The summed E-state index contributed by atoms with van der Waals surface area (Å²) in [7, 11) is 0. The van der Waals surface area contributed by atoms with Gasteiger partial charge in [0.1, 0.15) is 0 Å². The molecule has 1 aromatic carbocycles. The van der Waals surface area contributed by atoms with Crippen molar-refractivity contribution < 1.29 is 18.4 Å². The van der Waals surface area contributed by atoms with Gasteiger partial charge in [0.05, 0.1) is 6.54 Å². The molecule has 1 fully saturated rings. The van der Waals surface area contributed by atoms with Crippen molar-refractivity contribution in [2.24, 2.45) is 0 Å². The molecule has 0 bridgehead atoms. The first kappa shape index (κ1) is 13.5. The van der Waals surface area contributed by atoms with E-state index in [0.717, 1.165) is 6.07 Å². The summed E-state index contributed by atoms with van der Waals surface area (Å²) in [5.41, 5.74) is 0.106. The van der Waals surface area contributed by atoms with Gasteiger partial charge in [-0.2, -0.15) is 0 Å². The molecule has 102 valence electrons. The third kappa shape index (κ3) is 2.89. The Balaban J connectivity index is 2.22. The summed E-state index contributed by atoms with van der Waals surface area (Å²) >= 11 is 0. The van der Waals surface area contributed by atoms with E-state index in [-0.39, 0.29) is 42.9 Å². The monoisotopic (exact) mass is 268 g/mol. The van der Waals surface area contributed by atoms with Crippen LogP contribution in [0.4, 0.5) is 8.78 Å². The van der Waals surface area contributed by atoms with Gasteiger partial charge in [-0.1, -0.05) is 12.1 Å². The van der Waals surface area contributed by atoms with Crippen LogP contribution in [0.2, 0.25) is 0 Å². The van der Waals surface area contributed by atoms with Crippen LogP contribution < -0.4 is 5.32 Å². The third-order valence-corrected chi connectivity index (χ3v) is 3.14. The van der Waals surface area contributed by atoms with Gasteiger partial charge >= 0.3 is 0 Å². The Kier molecular flexibility index (Phi) is 3.78. The molecule has 1 saturated heterocycles. The van der Waals surface area contributed by atoms with Gasteiger partial charge in [0.15, 0.2) is 11.6 Å². The SMILES string of the molecule is CC1CC(=O)NCC(=O)N1Cc1cccc(F)c1F. The predicted molar refractivity (Wildman–Crippen MR) is 64.0 cm³/mol. The zero-order valence-electron chi connectivity index (χ0n) is 10.5. The van der Waals surface area contributed by atoms with Crippen molar-refractivity contribution in [3.63, 3.8) is 0 Å². The van der Waals surface area contributed by atoms with Crippen LogP contribution in [0.5, 0.6) is 0 Å². The molecule has 1 heterocycles. The molecule has 1 aliphatic heterocycles. The first-order valence-corrected chi connectivity index (χ1v) is 5.98. The standard InChI is InChI=1S/C13H14F2N2O2/c1-8-5-11(18)16-6-12(19)17(8)7-9-3-2-4-10(14)13(9)15/h2-4,8H,5-7H2,1H3,(H,16,18). The van der Waals surface area contributed by atoms with E-state index in [4.69, 9.17) is 0 Å². The molecule has 0 aromatic heterocycles. The lowest BCUT2D eigenvalue weighted by molar-refractivity contribution is -0.132. The molecule has 1 aliphatic rings. The second kappa shape index (κ2) is 5.34. The molecule has 1 unspecified atom stereocenters. The molecule has 2 amide bonds. The summed E-state index contributed by atoms with van der Waals surface area (Å²) in [6, 6.07) is 3.50. The number of nitrogens with one attached hydrogen (secondary N) is 1. The molecule has 1 N–H and O–H groups in total.